The first-order chi connectivity index (χ1) is 7.36. The van der Waals surface area contributed by atoms with Gasteiger partial charge in [0.2, 0.25) is 0 Å². The molecule has 0 radical (unpaired) electrons. The zero-order chi connectivity index (χ0) is 12.3. The molecule has 4 nitrogen and oxygen atoms in total. The van der Waals surface area contributed by atoms with E-state index in [1.54, 1.807) is 0 Å². The van der Waals surface area contributed by atoms with Gasteiger partial charge in [-0.1, -0.05) is 12.1 Å². The van der Waals surface area contributed by atoms with Crippen molar-refractivity contribution >= 4 is 9.84 Å². The fourth-order valence-corrected chi connectivity index (χ4v) is 2.40. The van der Waals surface area contributed by atoms with Crippen LogP contribution in [-0.4, -0.2) is 31.6 Å². The molecule has 0 amide bonds. The summed E-state index contributed by atoms with van der Waals surface area (Å²) in [5.41, 5.74) is 6.05. The van der Waals surface area contributed by atoms with Crippen molar-refractivity contribution in [3.63, 3.8) is 0 Å². The molecular weight excluding hydrogens is 233 g/mol. The number of hydrogen-bond acceptors (Lipinski definition) is 4. The average Bonchev–Trinajstić information content (AvgIpc) is 2.16. The fourth-order valence-electron chi connectivity index (χ4n) is 1.44. The Kier molecular flexibility index (Phi) is 4.01. The smallest absolute Gasteiger partial charge is 0.154 e. The molecule has 0 unspecified atom stereocenters. The standard InChI is InChI=1S/C10H14FNO3S/c1-16(14,15)9(6-13)10(12)7-3-2-4-8(11)5-7/h2-5,9-10,13H,6,12H2,1H3/t9-,10-/m0/s1. The summed E-state index contributed by atoms with van der Waals surface area (Å²) < 4.78 is 35.6. The summed E-state index contributed by atoms with van der Waals surface area (Å²) in [6, 6.07) is 4.45. The van der Waals surface area contributed by atoms with Crippen LogP contribution in [0.5, 0.6) is 0 Å². The molecule has 0 aromatic heterocycles. The molecular formula is C10H14FNO3S. The molecule has 90 valence electrons. The summed E-state index contributed by atoms with van der Waals surface area (Å²) in [6.45, 7) is -0.587. The van der Waals surface area contributed by atoms with Crippen LogP contribution in [0.3, 0.4) is 0 Å². The lowest BCUT2D eigenvalue weighted by Crippen LogP contribution is -2.36. The van der Waals surface area contributed by atoms with Crippen LogP contribution in [0.25, 0.3) is 0 Å². The van der Waals surface area contributed by atoms with E-state index < -0.39 is 33.6 Å². The molecule has 0 bridgehead atoms. The van der Waals surface area contributed by atoms with Gasteiger partial charge in [-0.2, -0.15) is 0 Å². The minimum absolute atomic E-state index is 0.351. The summed E-state index contributed by atoms with van der Waals surface area (Å²) in [5.74, 6) is -0.488. The number of sulfone groups is 1. The SMILES string of the molecule is CS(=O)(=O)[C@@H](CO)[C@@H](N)c1cccc(F)c1. The van der Waals surface area contributed by atoms with Crippen LogP contribution in [0.2, 0.25) is 0 Å². The monoisotopic (exact) mass is 247 g/mol. The predicted molar refractivity (Wildman–Crippen MR) is 59.0 cm³/mol. The van der Waals surface area contributed by atoms with Crippen LogP contribution >= 0.6 is 0 Å². The van der Waals surface area contributed by atoms with Crippen LogP contribution in [0.1, 0.15) is 11.6 Å². The van der Waals surface area contributed by atoms with Crippen LogP contribution in [0.4, 0.5) is 4.39 Å². The van der Waals surface area contributed by atoms with Crippen LogP contribution in [0, 0.1) is 5.82 Å². The van der Waals surface area contributed by atoms with Crippen molar-refractivity contribution in [2.75, 3.05) is 12.9 Å². The Bertz CT molecular complexity index is 461. The molecule has 1 aromatic carbocycles. The summed E-state index contributed by atoms with van der Waals surface area (Å²) in [5, 5.41) is 7.89. The Morgan fingerprint density at radius 2 is 2.12 bits per heavy atom. The second-order valence-corrected chi connectivity index (χ2v) is 5.90. The number of rotatable bonds is 4. The van der Waals surface area contributed by atoms with Crippen molar-refractivity contribution in [3.8, 4) is 0 Å². The Hall–Kier alpha value is -0.980. The zero-order valence-electron chi connectivity index (χ0n) is 8.80. The lowest BCUT2D eigenvalue weighted by atomic mass is 10.0. The Labute approximate surface area is 93.8 Å². The third kappa shape index (κ3) is 3.01. The van der Waals surface area contributed by atoms with Crippen molar-refractivity contribution < 1.29 is 17.9 Å². The van der Waals surface area contributed by atoms with Gasteiger partial charge in [-0.15, -0.1) is 0 Å². The normalized spacial score (nSPS) is 15.8. The summed E-state index contributed by atoms with van der Waals surface area (Å²) >= 11 is 0. The van der Waals surface area contributed by atoms with Crippen LogP contribution in [-0.2, 0) is 9.84 Å². The first-order valence-corrected chi connectivity index (χ1v) is 6.62. The number of halogens is 1. The molecule has 0 aliphatic heterocycles. The molecule has 0 aliphatic carbocycles. The topological polar surface area (TPSA) is 80.4 Å². The Morgan fingerprint density at radius 1 is 1.50 bits per heavy atom. The molecule has 0 saturated heterocycles. The van der Waals surface area contributed by atoms with E-state index in [2.05, 4.69) is 0 Å². The minimum atomic E-state index is -3.47. The highest BCUT2D eigenvalue weighted by molar-refractivity contribution is 7.91. The quantitative estimate of drug-likeness (QED) is 0.798. The van der Waals surface area contributed by atoms with Gasteiger partial charge >= 0.3 is 0 Å². The highest BCUT2D eigenvalue weighted by Gasteiger charge is 2.28. The van der Waals surface area contributed by atoms with E-state index in [9.17, 15) is 12.8 Å². The molecule has 6 heteroatoms. The Balaban J connectivity index is 3.05. The third-order valence-corrected chi connectivity index (χ3v) is 3.91. The van der Waals surface area contributed by atoms with E-state index >= 15 is 0 Å². The van der Waals surface area contributed by atoms with E-state index in [0.717, 1.165) is 6.26 Å². The molecule has 1 rings (SSSR count). The van der Waals surface area contributed by atoms with Gasteiger partial charge in [-0.25, -0.2) is 12.8 Å². The highest BCUT2D eigenvalue weighted by atomic mass is 32.2. The Morgan fingerprint density at radius 3 is 2.56 bits per heavy atom. The number of benzene rings is 1. The van der Waals surface area contributed by atoms with Gasteiger partial charge in [0.25, 0.3) is 0 Å². The minimum Gasteiger partial charge on any atom is -0.395 e. The van der Waals surface area contributed by atoms with E-state index in [4.69, 9.17) is 10.8 Å². The first kappa shape index (κ1) is 13.1. The van der Waals surface area contributed by atoms with Gasteiger partial charge in [0.05, 0.1) is 6.61 Å². The van der Waals surface area contributed by atoms with Crippen molar-refractivity contribution in [1.82, 2.24) is 0 Å². The number of nitrogens with two attached hydrogens (primary N) is 1. The van der Waals surface area contributed by atoms with Crippen LogP contribution < -0.4 is 5.73 Å². The summed E-state index contributed by atoms with van der Waals surface area (Å²) in [6.07, 6.45) is 0.993. The lowest BCUT2D eigenvalue weighted by Gasteiger charge is -2.20. The van der Waals surface area contributed by atoms with E-state index in [1.165, 1.54) is 24.3 Å². The molecule has 0 aliphatic rings. The van der Waals surface area contributed by atoms with Crippen molar-refractivity contribution in [3.05, 3.63) is 35.6 Å². The van der Waals surface area contributed by atoms with Gasteiger partial charge in [-0.3, -0.25) is 0 Å². The van der Waals surface area contributed by atoms with Crippen molar-refractivity contribution in [2.24, 2.45) is 5.73 Å². The van der Waals surface area contributed by atoms with Crippen molar-refractivity contribution in [2.45, 2.75) is 11.3 Å². The molecule has 0 fully saturated rings. The molecule has 0 heterocycles. The molecule has 3 N–H and O–H groups in total. The summed E-state index contributed by atoms with van der Waals surface area (Å²) in [4.78, 5) is 0. The predicted octanol–water partition coefficient (Wildman–Crippen LogP) is 0.231. The third-order valence-electron chi connectivity index (χ3n) is 2.36. The number of aliphatic hydroxyl groups excluding tert-OH is 1. The maximum Gasteiger partial charge on any atom is 0.154 e. The van der Waals surface area contributed by atoms with Gasteiger partial charge in [0.15, 0.2) is 9.84 Å². The van der Waals surface area contributed by atoms with Gasteiger partial charge in [0, 0.05) is 12.3 Å². The average molecular weight is 247 g/mol. The maximum atomic E-state index is 12.9. The van der Waals surface area contributed by atoms with E-state index in [1.807, 2.05) is 0 Å². The zero-order valence-corrected chi connectivity index (χ0v) is 9.61. The molecule has 1 aromatic rings. The van der Waals surface area contributed by atoms with Gasteiger partial charge < -0.3 is 10.8 Å². The highest BCUT2D eigenvalue weighted by Crippen LogP contribution is 2.19. The number of aliphatic hydroxyl groups is 1. The first-order valence-electron chi connectivity index (χ1n) is 4.67. The summed E-state index contributed by atoms with van der Waals surface area (Å²) in [7, 11) is -3.47. The lowest BCUT2D eigenvalue weighted by molar-refractivity contribution is 0.278. The molecule has 0 saturated carbocycles. The molecule has 0 spiro atoms. The van der Waals surface area contributed by atoms with E-state index in [0.29, 0.717) is 5.56 Å². The second kappa shape index (κ2) is 4.90. The second-order valence-electron chi connectivity index (χ2n) is 3.63. The maximum absolute atomic E-state index is 12.9. The fraction of sp³-hybridized carbons (Fsp3) is 0.400. The van der Waals surface area contributed by atoms with Crippen LogP contribution in [0.15, 0.2) is 24.3 Å². The largest absolute Gasteiger partial charge is 0.395 e. The van der Waals surface area contributed by atoms with E-state index in [-0.39, 0.29) is 0 Å². The van der Waals surface area contributed by atoms with Gasteiger partial charge in [0.1, 0.15) is 11.1 Å². The molecule has 16 heavy (non-hydrogen) atoms. The number of hydrogen-bond donors (Lipinski definition) is 2. The molecule has 2 atom stereocenters. The van der Waals surface area contributed by atoms with Crippen molar-refractivity contribution in [1.29, 1.82) is 0 Å². The van der Waals surface area contributed by atoms with Gasteiger partial charge in [-0.05, 0) is 17.7 Å².